The Morgan fingerprint density at radius 3 is 2.00 bits per heavy atom. The molecule has 0 aromatic heterocycles. The van der Waals surface area contributed by atoms with Crippen LogP contribution < -0.4 is 0 Å². The summed E-state index contributed by atoms with van der Waals surface area (Å²) in [5, 5.41) is 0. The standard InChI is InChI=1S/C10H19NO/c1-8(2)9(3)6-7-11(5)10(4)12/h6-7H2,1-5H3. The maximum Gasteiger partial charge on any atom is 0.219 e. The minimum atomic E-state index is 0.136. The fourth-order valence-corrected chi connectivity index (χ4v) is 0.743. The van der Waals surface area contributed by atoms with Crippen molar-refractivity contribution >= 4 is 5.91 Å². The van der Waals surface area contributed by atoms with Crippen LogP contribution in [-0.2, 0) is 4.79 Å². The molecule has 0 saturated carbocycles. The molecule has 0 aromatic carbocycles. The van der Waals surface area contributed by atoms with E-state index in [-0.39, 0.29) is 5.91 Å². The summed E-state index contributed by atoms with van der Waals surface area (Å²) in [5.41, 5.74) is 2.73. The molecule has 0 aromatic rings. The van der Waals surface area contributed by atoms with Crippen molar-refractivity contribution in [1.29, 1.82) is 0 Å². The number of allylic oxidation sites excluding steroid dienone is 1. The zero-order valence-corrected chi connectivity index (χ0v) is 8.77. The second kappa shape index (κ2) is 4.96. The maximum atomic E-state index is 10.8. The molecule has 0 fully saturated rings. The van der Waals surface area contributed by atoms with Crippen molar-refractivity contribution in [2.45, 2.75) is 34.1 Å². The van der Waals surface area contributed by atoms with Gasteiger partial charge in [-0.1, -0.05) is 11.1 Å². The van der Waals surface area contributed by atoms with Gasteiger partial charge in [-0.25, -0.2) is 0 Å². The van der Waals surface area contributed by atoms with Crippen LogP contribution in [0.5, 0.6) is 0 Å². The summed E-state index contributed by atoms with van der Waals surface area (Å²) in [6.07, 6.45) is 0.985. The van der Waals surface area contributed by atoms with Crippen LogP contribution in [0.1, 0.15) is 34.1 Å². The number of rotatable bonds is 3. The molecule has 0 aliphatic heterocycles. The molecule has 0 N–H and O–H groups in total. The van der Waals surface area contributed by atoms with E-state index in [4.69, 9.17) is 0 Å². The monoisotopic (exact) mass is 169 g/mol. The molecule has 2 nitrogen and oxygen atoms in total. The normalized spacial score (nSPS) is 9.42. The van der Waals surface area contributed by atoms with E-state index in [9.17, 15) is 4.79 Å². The van der Waals surface area contributed by atoms with Crippen LogP contribution in [0.4, 0.5) is 0 Å². The van der Waals surface area contributed by atoms with Gasteiger partial charge in [0.1, 0.15) is 0 Å². The van der Waals surface area contributed by atoms with Crippen LogP contribution in [0.2, 0.25) is 0 Å². The first-order valence-electron chi connectivity index (χ1n) is 4.29. The lowest BCUT2D eigenvalue weighted by Crippen LogP contribution is -2.24. The van der Waals surface area contributed by atoms with Crippen LogP contribution in [-0.4, -0.2) is 24.4 Å². The Kier molecular flexibility index (Phi) is 4.64. The number of amides is 1. The van der Waals surface area contributed by atoms with Gasteiger partial charge >= 0.3 is 0 Å². The molecule has 2 heteroatoms. The van der Waals surface area contributed by atoms with Gasteiger partial charge in [-0.2, -0.15) is 0 Å². The molecule has 0 unspecified atom stereocenters. The van der Waals surface area contributed by atoms with Gasteiger partial charge in [-0.05, 0) is 27.2 Å². The lowest BCUT2D eigenvalue weighted by atomic mass is 10.1. The SMILES string of the molecule is CC(=O)N(C)CCC(C)=C(C)C. The highest BCUT2D eigenvalue weighted by atomic mass is 16.2. The molecule has 0 radical (unpaired) electrons. The maximum absolute atomic E-state index is 10.8. The predicted molar refractivity (Wildman–Crippen MR) is 52.0 cm³/mol. The first-order valence-corrected chi connectivity index (χ1v) is 4.29. The summed E-state index contributed by atoms with van der Waals surface area (Å²) in [4.78, 5) is 12.6. The predicted octanol–water partition coefficient (Wildman–Crippen LogP) is 2.21. The summed E-state index contributed by atoms with van der Waals surface area (Å²) >= 11 is 0. The molecule has 70 valence electrons. The Labute approximate surface area is 75.3 Å². The zero-order chi connectivity index (χ0) is 9.72. The fourth-order valence-electron chi connectivity index (χ4n) is 0.743. The molecule has 0 bridgehead atoms. The third kappa shape index (κ3) is 4.16. The molecule has 1 amide bonds. The first-order chi connectivity index (χ1) is 5.45. The minimum absolute atomic E-state index is 0.136. The summed E-state index contributed by atoms with van der Waals surface area (Å²) in [6, 6.07) is 0. The van der Waals surface area contributed by atoms with Gasteiger partial charge in [-0.15, -0.1) is 0 Å². The quantitative estimate of drug-likeness (QED) is 0.593. The Morgan fingerprint density at radius 2 is 1.67 bits per heavy atom. The van der Waals surface area contributed by atoms with E-state index < -0.39 is 0 Å². The van der Waals surface area contributed by atoms with Crippen molar-refractivity contribution in [3.63, 3.8) is 0 Å². The molecule has 0 saturated heterocycles. The Bertz CT molecular complexity index is 190. The molecule has 0 aliphatic carbocycles. The molecular weight excluding hydrogens is 150 g/mol. The highest BCUT2D eigenvalue weighted by Gasteiger charge is 2.01. The molecule has 12 heavy (non-hydrogen) atoms. The van der Waals surface area contributed by atoms with E-state index in [1.807, 2.05) is 7.05 Å². The van der Waals surface area contributed by atoms with Crippen molar-refractivity contribution in [2.24, 2.45) is 0 Å². The van der Waals surface area contributed by atoms with Gasteiger partial charge in [0.25, 0.3) is 0 Å². The van der Waals surface area contributed by atoms with Gasteiger partial charge in [0.2, 0.25) is 5.91 Å². The summed E-state index contributed by atoms with van der Waals surface area (Å²) < 4.78 is 0. The van der Waals surface area contributed by atoms with E-state index in [0.717, 1.165) is 13.0 Å². The van der Waals surface area contributed by atoms with Crippen LogP contribution in [0, 0.1) is 0 Å². The van der Waals surface area contributed by atoms with Crippen LogP contribution >= 0.6 is 0 Å². The van der Waals surface area contributed by atoms with E-state index in [1.165, 1.54) is 11.1 Å². The lowest BCUT2D eigenvalue weighted by molar-refractivity contribution is -0.127. The van der Waals surface area contributed by atoms with Crippen molar-refractivity contribution in [3.05, 3.63) is 11.1 Å². The number of hydrogen-bond acceptors (Lipinski definition) is 1. The van der Waals surface area contributed by atoms with E-state index in [0.29, 0.717) is 0 Å². The molecular formula is C10H19NO. The lowest BCUT2D eigenvalue weighted by Gasteiger charge is -2.15. The van der Waals surface area contributed by atoms with Crippen molar-refractivity contribution in [3.8, 4) is 0 Å². The van der Waals surface area contributed by atoms with E-state index in [1.54, 1.807) is 11.8 Å². The number of nitrogens with zero attached hydrogens (tertiary/aromatic N) is 1. The Balaban J connectivity index is 3.85. The van der Waals surface area contributed by atoms with Gasteiger partial charge in [0, 0.05) is 20.5 Å². The summed E-state index contributed by atoms with van der Waals surface area (Å²) in [6.45, 7) is 8.74. The molecule has 0 spiro atoms. The van der Waals surface area contributed by atoms with Gasteiger partial charge in [0.05, 0.1) is 0 Å². The molecule has 0 atom stereocenters. The van der Waals surface area contributed by atoms with Crippen molar-refractivity contribution in [2.75, 3.05) is 13.6 Å². The molecule has 0 aliphatic rings. The van der Waals surface area contributed by atoms with Crippen LogP contribution in [0.15, 0.2) is 11.1 Å². The van der Waals surface area contributed by atoms with E-state index >= 15 is 0 Å². The highest BCUT2D eigenvalue weighted by Crippen LogP contribution is 2.07. The summed E-state index contributed by atoms with van der Waals surface area (Å²) in [7, 11) is 1.83. The van der Waals surface area contributed by atoms with Crippen LogP contribution in [0.3, 0.4) is 0 Å². The zero-order valence-electron chi connectivity index (χ0n) is 8.77. The third-order valence-corrected chi connectivity index (χ3v) is 2.21. The molecule has 0 heterocycles. The average molecular weight is 169 g/mol. The van der Waals surface area contributed by atoms with Gasteiger partial charge in [0.15, 0.2) is 0 Å². The first kappa shape index (κ1) is 11.2. The highest BCUT2D eigenvalue weighted by molar-refractivity contribution is 5.72. The third-order valence-electron chi connectivity index (χ3n) is 2.21. The minimum Gasteiger partial charge on any atom is -0.346 e. The molecule has 0 rings (SSSR count). The van der Waals surface area contributed by atoms with Gasteiger partial charge in [-0.3, -0.25) is 4.79 Å². The van der Waals surface area contributed by atoms with Gasteiger partial charge < -0.3 is 4.90 Å². The fraction of sp³-hybridized carbons (Fsp3) is 0.700. The van der Waals surface area contributed by atoms with Crippen molar-refractivity contribution < 1.29 is 4.79 Å². The average Bonchev–Trinajstić information content (AvgIpc) is 1.98. The van der Waals surface area contributed by atoms with E-state index in [2.05, 4.69) is 20.8 Å². The number of carbonyl (C=O) groups is 1. The Morgan fingerprint density at radius 1 is 1.17 bits per heavy atom. The summed E-state index contributed by atoms with van der Waals surface area (Å²) in [5.74, 6) is 0.136. The number of hydrogen-bond donors (Lipinski definition) is 0. The second-order valence-electron chi connectivity index (χ2n) is 3.47. The number of carbonyl (C=O) groups excluding carboxylic acids is 1. The van der Waals surface area contributed by atoms with Crippen molar-refractivity contribution in [1.82, 2.24) is 4.90 Å². The smallest absolute Gasteiger partial charge is 0.219 e. The van der Waals surface area contributed by atoms with Crippen LogP contribution in [0.25, 0.3) is 0 Å². The Hall–Kier alpha value is -0.790. The second-order valence-corrected chi connectivity index (χ2v) is 3.47. The topological polar surface area (TPSA) is 20.3 Å². The largest absolute Gasteiger partial charge is 0.346 e.